The second-order valence-corrected chi connectivity index (χ2v) is 6.25. The molecule has 1 aromatic carbocycles. The van der Waals surface area contributed by atoms with Crippen LogP contribution < -0.4 is 4.90 Å². The maximum absolute atomic E-state index is 12.5. The number of pyridine rings is 1. The lowest BCUT2D eigenvalue weighted by Gasteiger charge is -2.13. The quantitative estimate of drug-likeness (QED) is 0.368. The van der Waals surface area contributed by atoms with Gasteiger partial charge < -0.3 is 0 Å². The van der Waals surface area contributed by atoms with Crippen LogP contribution in [0.4, 0.5) is 11.4 Å². The van der Waals surface area contributed by atoms with Crippen molar-refractivity contribution in [3.05, 3.63) is 69.4 Å². The number of thioether (sulfide) groups is 1. The van der Waals surface area contributed by atoms with E-state index >= 15 is 0 Å². The van der Waals surface area contributed by atoms with Crippen LogP contribution in [-0.4, -0.2) is 20.1 Å². The van der Waals surface area contributed by atoms with Gasteiger partial charge in [-0.2, -0.15) is 0 Å². The average Bonchev–Trinajstić information content (AvgIpc) is 2.82. The Balaban J connectivity index is 1.88. The molecule has 0 unspecified atom stereocenters. The molecule has 1 amide bonds. The molecule has 23 heavy (non-hydrogen) atoms. The molecule has 0 spiro atoms. The minimum atomic E-state index is -0.467. The van der Waals surface area contributed by atoms with Gasteiger partial charge in [-0.25, -0.2) is 0 Å². The van der Waals surface area contributed by atoms with Crippen molar-refractivity contribution in [2.75, 3.05) is 4.90 Å². The summed E-state index contributed by atoms with van der Waals surface area (Å²) in [7, 11) is 0. The fourth-order valence-corrected chi connectivity index (χ4v) is 3.32. The molecule has 6 nitrogen and oxygen atoms in total. The van der Waals surface area contributed by atoms with E-state index < -0.39 is 4.92 Å². The Hall–Kier alpha value is -2.58. The number of carbonyl (C=O) groups is 1. The van der Waals surface area contributed by atoms with E-state index in [0.29, 0.717) is 20.5 Å². The smallest absolute Gasteiger partial charge is 0.268 e. The molecule has 1 aliphatic heterocycles. The number of hydrogen-bond acceptors (Lipinski definition) is 6. The summed E-state index contributed by atoms with van der Waals surface area (Å²) >= 11 is 6.45. The summed E-state index contributed by atoms with van der Waals surface area (Å²) in [6.07, 6.45) is 4.85. The van der Waals surface area contributed by atoms with Crippen LogP contribution in [0.5, 0.6) is 0 Å². The van der Waals surface area contributed by atoms with Crippen molar-refractivity contribution in [3.63, 3.8) is 0 Å². The van der Waals surface area contributed by atoms with E-state index in [9.17, 15) is 14.9 Å². The number of nitrogens with zero attached hydrogens (tertiary/aromatic N) is 3. The first kappa shape index (κ1) is 15.3. The number of benzene rings is 1. The monoisotopic (exact) mass is 343 g/mol. The summed E-state index contributed by atoms with van der Waals surface area (Å²) in [5.41, 5.74) is 1.31. The van der Waals surface area contributed by atoms with Crippen molar-refractivity contribution in [2.24, 2.45) is 0 Å². The minimum absolute atomic E-state index is 0.00468. The van der Waals surface area contributed by atoms with E-state index in [2.05, 4.69) is 4.98 Å². The molecular weight excluding hydrogens is 334 g/mol. The average molecular weight is 343 g/mol. The predicted molar refractivity (Wildman–Crippen MR) is 93.0 cm³/mol. The molecule has 0 N–H and O–H groups in total. The van der Waals surface area contributed by atoms with Crippen LogP contribution in [0.1, 0.15) is 5.56 Å². The van der Waals surface area contributed by atoms with E-state index in [1.807, 2.05) is 0 Å². The van der Waals surface area contributed by atoms with Crippen molar-refractivity contribution in [2.45, 2.75) is 0 Å². The third-order valence-electron chi connectivity index (χ3n) is 3.10. The van der Waals surface area contributed by atoms with Crippen LogP contribution in [0.3, 0.4) is 0 Å². The largest absolute Gasteiger partial charge is 0.270 e. The van der Waals surface area contributed by atoms with E-state index in [0.717, 1.165) is 0 Å². The van der Waals surface area contributed by atoms with Gasteiger partial charge in [0.05, 0.1) is 21.7 Å². The molecule has 1 fully saturated rings. The molecule has 1 saturated heterocycles. The standard InChI is InChI=1S/C15H9N3O3S2/c19-14-13(8-10-3-5-11(6-4-10)18(20)21)23-15(22)17(14)12-2-1-7-16-9-12/h1-9H/b13-8-. The first-order valence-corrected chi connectivity index (χ1v) is 7.71. The van der Waals surface area contributed by atoms with Gasteiger partial charge in [0.25, 0.3) is 11.6 Å². The van der Waals surface area contributed by atoms with E-state index in [4.69, 9.17) is 12.2 Å². The number of non-ortho nitro benzene ring substituents is 1. The van der Waals surface area contributed by atoms with Crippen molar-refractivity contribution >= 4 is 51.7 Å². The van der Waals surface area contributed by atoms with Crippen molar-refractivity contribution < 1.29 is 9.72 Å². The molecule has 1 aromatic heterocycles. The molecule has 1 aliphatic rings. The maximum Gasteiger partial charge on any atom is 0.270 e. The molecule has 114 valence electrons. The predicted octanol–water partition coefficient (Wildman–Crippen LogP) is 3.40. The van der Waals surface area contributed by atoms with Gasteiger partial charge in [0, 0.05) is 18.3 Å². The lowest BCUT2D eigenvalue weighted by Crippen LogP contribution is -2.27. The molecule has 0 atom stereocenters. The van der Waals surface area contributed by atoms with Crippen molar-refractivity contribution in [1.29, 1.82) is 0 Å². The Morgan fingerprint density at radius 3 is 2.61 bits per heavy atom. The van der Waals surface area contributed by atoms with Crippen LogP contribution >= 0.6 is 24.0 Å². The van der Waals surface area contributed by atoms with Gasteiger partial charge in [-0.1, -0.05) is 24.0 Å². The van der Waals surface area contributed by atoms with Crippen LogP contribution in [0.2, 0.25) is 0 Å². The number of nitro groups is 1. The van der Waals surface area contributed by atoms with Gasteiger partial charge in [0.15, 0.2) is 4.32 Å². The van der Waals surface area contributed by atoms with Crippen LogP contribution in [-0.2, 0) is 4.79 Å². The number of hydrogen-bond donors (Lipinski definition) is 0. The van der Waals surface area contributed by atoms with Crippen LogP contribution in [0.15, 0.2) is 53.7 Å². The number of aromatic nitrogens is 1. The molecule has 2 heterocycles. The van der Waals surface area contributed by atoms with Crippen LogP contribution in [0.25, 0.3) is 6.08 Å². The zero-order valence-corrected chi connectivity index (χ0v) is 13.2. The third kappa shape index (κ3) is 3.13. The van der Waals surface area contributed by atoms with Gasteiger partial charge in [-0.15, -0.1) is 0 Å². The van der Waals surface area contributed by atoms with E-state index in [1.54, 1.807) is 42.7 Å². The number of thiocarbonyl (C=S) groups is 1. The molecular formula is C15H9N3O3S2. The first-order chi connectivity index (χ1) is 11.1. The fraction of sp³-hybridized carbons (Fsp3) is 0. The van der Waals surface area contributed by atoms with E-state index in [-0.39, 0.29) is 11.6 Å². The number of nitro benzene ring substituents is 1. The zero-order chi connectivity index (χ0) is 16.4. The summed E-state index contributed by atoms with van der Waals surface area (Å²) in [5.74, 6) is -0.230. The highest BCUT2D eigenvalue weighted by molar-refractivity contribution is 8.27. The number of carbonyl (C=O) groups excluding carboxylic acids is 1. The van der Waals surface area contributed by atoms with Gasteiger partial charge in [0.2, 0.25) is 0 Å². The summed E-state index contributed by atoms with van der Waals surface area (Å²) in [6, 6.07) is 9.46. The van der Waals surface area contributed by atoms with Crippen molar-refractivity contribution in [3.8, 4) is 0 Å². The molecule has 0 aliphatic carbocycles. The normalized spacial score (nSPS) is 16.2. The Kier molecular flexibility index (Phi) is 4.18. The first-order valence-electron chi connectivity index (χ1n) is 6.49. The zero-order valence-electron chi connectivity index (χ0n) is 11.6. The van der Waals surface area contributed by atoms with Gasteiger partial charge >= 0.3 is 0 Å². The summed E-state index contributed by atoms with van der Waals surface area (Å²) in [4.78, 5) is 28.6. The number of anilines is 1. The minimum Gasteiger partial charge on any atom is -0.268 e. The number of rotatable bonds is 3. The SMILES string of the molecule is O=C1/C(=C/c2ccc([N+](=O)[O-])cc2)SC(=S)N1c1cccnc1. The Labute approximate surface area is 141 Å². The molecule has 3 rings (SSSR count). The highest BCUT2D eigenvalue weighted by Crippen LogP contribution is 2.35. The topological polar surface area (TPSA) is 76.3 Å². The Morgan fingerprint density at radius 1 is 1.26 bits per heavy atom. The van der Waals surface area contributed by atoms with Crippen LogP contribution in [0, 0.1) is 10.1 Å². The van der Waals surface area contributed by atoms with E-state index in [1.165, 1.54) is 28.8 Å². The molecule has 2 aromatic rings. The third-order valence-corrected chi connectivity index (χ3v) is 4.40. The lowest BCUT2D eigenvalue weighted by molar-refractivity contribution is -0.384. The maximum atomic E-state index is 12.5. The van der Waals surface area contributed by atoms with Crippen molar-refractivity contribution in [1.82, 2.24) is 4.98 Å². The number of amides is 1. The molecule has 0 radical (unpaired) electrons. The molecule has 0 bridgehead atoms. The van der Waals surface area contributed by atoms with Gasteiger partial charge in [-0.3, -0.25) is 24.8 Å². The van der Waals surface area contributed by atoms with Gasteiger partial charge in [0.1, 0.15) is 0 Å². The summed E-state index contributed by atoms with van der Waals surface area (Å²) in [6.45, 7) is 0. The second-order valence-electron chi connectivity index (χ2n) is 4.58. The Bertz CT molecular complexity index is 820. The fourth-order valence-electron chi connectivity index (χ4n) is 2.02. The summed E-state index contributed by atoms with van der Waals surface area (Å²) in [5, 5.41) is 10.7. The highest BCUT2D eigenvalue weighted by atomic mass is 32.2. The van der Waals surface area contributed by atoms with Gasteiger partial charge in [-0.05, 0) is 35.9 Å². The second kappa shape index (κ2) is 6.27. The summed E-state index contributed by atoms with van der Waals surface area (Å²) < 4.78 is 0.427. The Morgan fingerprint density at radius 2 is 2.00 bits per heavy atom. The molecule has 0 saturated carbocycles. The highest BCUT2D eigenvalue weighted by Gasteiger charge is 2.33. The molecule has 8 heteroatoms. The lowest BCUT2D eigenvalue weighted by atomic mass is 10.2.